The summed E-state index contributed by atoms with van der Waals surface area (Å²) in [4.78, 5) is 10.7. The van der Waals surface area contributed by atoms with Gasteiger partial charge in [0.1, 0.15) is 5.82 Å². The molecule has 0 unspecified atom stereocenters. The number of hydrogen-bond acceptors (Lipinski definition) is 6. The molecule has 1 fully saturated rings. The Bertz CT molecular complexity index is 528. The fourth-order valence-corrected chi connectivity index (χ4v) is 2.26. The van der Waals surface area contributed by atoms with Crippen molar-refractivity contribution in [3.8, 4) is 11.5 Å². The van der Waals surface area contributed by atoms with Crippen molar-refractivity contribution >= 4 is 11.8 Å². The summed E-state index contributed by atoms with van der Waals surface area (Å²) in [5, 5.41) is 4.06. The molecule has 2 aromatic heterocycles. The first-order valence-electron chi connectivity index (χ1n) is 6.63. The molecule has 6 heteroatoms. The van der Waals surface area contributed by atoms with Crippen LogP contribution in [0.4, 0.5) is 11.8 Å². The summed E-state index contributed by atoms with van der Waals surface area (Å²) in [6.07, 6.45) is 6.59. The van der Waals surface area contributed by atoms with E-state index in [1.165, 1.54) is 25.7 Å². The van der Waals surface area contributed by atoms with Gasteiger partial charge in [-0.05, 0) is 30.1 Å². The molecule has 0 saturated carbocycles. The Morgan fingerprint density at radius 2 is 1.89 bits per heavy atom. The molecule has 1 saturated heterocycles. The molecular weight excluding hydrogens is 242 g/mol. The highest BCUT2D eigenvalue weighted by atomic mass is 16.5. The van der Waals surface area contributed by atoms with E-state index in [1.807, 2.05) is 6.07 Å². The summed E-state index contributed by atoms with van der Waals surface area (Å²) in [6.45, 7) is 2.00. The maximum absolute atomic E-state index is 5.56. The van der Waals surface area contributed by atoms with Crippen LogP contribution in [0.5, 0.6) is 0 Å². The molecule has 100 valence electrons. The van der Waals surface area contributed by atoms with Crippen LogP contribution in [0.25, 0.3) is 11.5 Å². The quantitative estimate of drug-likeness (QED) is 0.889. The number of anilines is 2. The predicted octanol–water partition coefficient (Wildman–Crippen LogP) is 2.09. The smallest absolute Gasteiger partial charge is 0.266 e. The van der Waals surface area contributed by atoms with Gasteiger partial charge in [0.05, 0.1) is 5.56 Å². The summed E-state index contributed by atoms with van der Waals surface area (Å²) in [5.74, 6) is 1.65. The highest BCUT2D eigenvalue weighted by Crippen LogP contribution is 2.22. The van der Waals surface area contributed by atoms with Gasteiger partial charge >= 0.3 is 0 Å². The number of nitrogens with zero attached hydrogens (tertiary/aromatic N) is 4. The number of aromatic nitrogens is 3. The molecule has 0 atom stereocenters. The summed E-state index contributed by atoms with van der Waals surface area (Å²) < 4.78 is 5.30. The van der Waals surface area contributed by atoms with Gasteiger partial charge in [-0.2, -0.15) is 4.98 Å². The van der Waals surface area contributed by atoms with Crippen molar-refractivity contribution < 1.29 is 4.52 Å². The minimum absolute atomic E-state index is 0.482. The van der Waals surface area contributed by atoms with E-state index in [4.69, 9.17) is 10.3 Å². The second-order valence-electron chi connectivity index (χ2n) is 4.77. The van der Waals surface area contributed by atoms with Gasteiger partial charge in [0.15, 0.2) is 0 Å². The number of nitrogen functional groups attached to an aromatic ring is 1. The number of nitrogens with two attached hydrogens (primary N) is 1. The summed E-state index contributed by atoms with van der Waals surface area (Å²) >= 11 is 0. The van der Waals surface area contributed by atoms with Crippen LogP contribution in [0.3, 0.4) is 0 Å². The van der Waals surface area contributed by atoms with Crippen LogP contribution in [0.15, 0.2) is 22.9 Å². The fraction of sp³-hybridized carbons (Fsp3) is 0.462. The van der Waals surface area contributed by atoms with Gasteiger partial charge in [-0.1, -0.05) is 12.8 Å². The van der Waals surface area contributed by atoms with Crippen LogP contribution in [0.2, 0.25) is 0 Å². The lowest BCUT2D eigenvalue weighted by atomic mass is 10.2. The second kappa shape index (κ2) is 5.26. The molecule has 3 rings (SSSR count). The Hall–Kier alpha value is -2.11. The SMILES string of the molecule is Nc1ccc(-c2nc(N3CCCCCC3)no2)cn1. The van der Waals surface area contributed by atoms with Crippen LogP contribution in [-0.2, 0) is 0 Å². The van der Waals surface area contributed by atoms with E-state index in [0.717, 1.165) is 18.7 Å². The average molecular weight is 259 g/mol. The fourth-order valence-electron chi connectivity index (χ4n) is 2.26. The van der Waals surface area contributed by atoms with Crippen molar-refractivity contribution in [3.05, 3.63) is 18.3 Å². The van der Waals surface area contributed by atoms with E-state index >= 15 is 0 Å². The van der Waals surface area contributed by atoms with E-state index in [-0.39, 0.29) is 0 Å². The van der Waals surface area contributed by atoms with E-state index in [1.54, 1.807) is 12.3 Å². The first-order chi connectivity index (χ1) is 9.33. The molecular formula is C13H17N5O. The molecule has 0 aromatic carbocycles. The summed E-state index contributed by atoms with van der Waals surface area (Å²) in [7, 11) is 0. The molecule has 0 radical (unpaired) electrons. The van der Waals surface area contributed by atoms with Gasteiger partial charge in [-0.3, -0.25) is 0 Å². The Balaban J connectivity index is 1.80. The predicted molar refractivity (Wildman–Crippen MR) is 72.6 cm³/mol. The van der Waals surface area contributed by atoms with Crippen molar-refractivity contribution in [1.29, 1.82) is 0 Å². The van der Waals surface area contributed by atoms with Crippen LogP contribution in [0, 0.1) is 0 Å². The van der Waals surface area contributed by atoms with Gasteiger partial charge in [-0.15, -0.1) is 0 Å². The zero-order chi connectivity index (χ0) is 13.1. The lowest BCUT2D eigenvalue weighted by Crippen LogP contribution is -2.24. The van der Waals surface area contributed by atoms with Crippen molar-refractivity contribution in [2.75, 3.05) is 23.7 Å². The van der Waals surface area contributed by atoms with Crippen LogP contribution < -0.4 is 10.6 Å². The first-order valence-corrected chi connectivity index (χ1v) is 6.63. The maximum Gasteiger partial charge on any atom is 0.266 e. The third-order valence-electron chi connectivity index (χ3n) is 3.34. The van der Waals surface area contributed by atoms with Gasteiger partial charge < -0.3 is 15.2 Å². The molecule has 19 heavy (non-hydrogen) atoms. The van der Waals surface area contributed by atoms with Gasteiger partial charge in [0, 0.05) is 19.3 Å². The molecule has 0 amide bonds. The van der Waals surface area contributed by atoms with Crippen molar-refractivity contribution in [2.24, 2.45) is 0 Å². The van der Waals surface area contributed by atoms with E-state index < -0.39 is 0 Å². The second-order valence-corrected chi connectivity index (χ2v) is 4.77. The monoisotopic (exact) mass is 259 g/mol. The van der Waals surface area contributed by atoms with E-state index in [9.17, 15) is 0 Å². The summed E-state index contributed by atoms with van der Waals surface area (Å²) in [5.41, 5.74) is 6.35. The highest BCUT2D eigenvalue weighted by molar-refractivity contribution is 5.54. The first kappa shape index (κ1) is 12.0. The minimum atomic E-state index is 0.482. The Morgan fingerprint density at radius 3 is 2.58 bits per heavy atom. The number of rotatable bonds is 2. The largest absolute Gasteiger partial charge is 0.384 e. The molecule has 0 bridgehead atoms. The van der Waals surface area contributed by atoms with Gasteiger partial charge in [0.25, 0.3) is 11.8 Å². The maximum atomic E-state index is 5.56. The third kappa shape index (κ3) is 2.67. The van der Waals surface area contributed by atoms with Crippen molar-refractivity contribution in [2.45, 2.75) is 25.7 Å². The Labute approximate surface area is 111 Å². The minimum Gasteiger partial charge on any atom is -0.384 e. The number of hydrogen-bond donors (Lipinski definition) is 1. The van der Waals surface area contributed by atoms with Crippen molar-refractivity contribution in [1.82, 2.24) is 15.1 Å². The van der Waals surface area contributed by atoms with Crippen LogP contribution in [-0.4, -0.2) is 28.2 Å². The molecule has 2 aromatic rings. The standard InChI is InChI=1S/C13H17N5O/c14-11-6-5-10(9-15-11)12-16-13(17-19-12)18-7-3-1-2-4-8-18/h5-6,9H,1-4,7-8H2,(H2,14,15). The van der Waals surface area contributed by atoms with E-state index in [0.29, 0.717) is 17.7 Å². The third-order valence-corrected chi connectivity index (χ3v) is 3.34. The molecule has 0 aliphatic carbocycles. The van der Waals surface area contributed by atoms with Crippen molar-refractivity contribution in [3.63, 3.8) is 0 Å². The van der Waals surface area contributed by atoms with Gasteiger partial charge in [-0.25, -0.2) is 4.98 Å². The van der Waals surface area contributed by atoms with E-state index in [2.05, 4.69) is 20.0 Å². The zero-order valence-corrected chi connectivity index (χ0v) is 10.7. The van der Waals surface area contributed by atoms with Crippen LogP contribution in [0.1, 0.15) is 25.7 Å². The average Bonchev–Trinajstić information content (AvgIpc) is 2.76. The molecule has 1 aliphatic heterocycles. The lowest BCUT2D eigenvalue weighted by Gasteiger charge is -2.16. The molecule has 2 N–H and O–H groups in total. The highest BCUT2D eigenvalue weighted by Gasteiger charge is 2.16. The molecule has 0 spiro atoms. The van der Waals surface area contributed by atoms with Crippen LogP contribution >= 0.6 is 0 Å². The normalized spacial score (nSPS) is 16.3. The molecule has 3 heterocycles. The molecule has 6 nitrogen and oxygen atoms in total. The molecule has 1 aliphatic rings. The number of pyridine rings is 1. The van der Waals surface area contributed by atoms with Gasteiger partial charge in [0.2, 0.25) is 0 Å². The zero-order valence-electron chi connectivity index (χ0n) is 10.7. The topological polar surface area (TPSA) is 81.1 Å². The Kier molecular flexibility index (Phi) is 3.31. The summed E-state index contributed by atoms with van der Waals surface area (Å²) in [6, 6.07) is 3.56. The lowest BCUT2D eigenvalue weighted by molar-refractivity contribution is 0.429. The Morgan fingerprint density at radius 1 is 1.11 bits per heavy atom.